The van der Waals surface area contributed by atoms with Crippen LogP contribution in [0.2, 0.25) is 0 Å². The first kappa shape index (κ1) is 28.2. The number of hydrogen-bond acceptors (Lipinski definition) is 7. The van der Waals surface area contributed by atoms with Crippen LogP contribution in [-0.2, 0) is 16.1 Å². The van der Waals surface area contributed by atoms with E-state index in [1.54, 1.807) is 41.7 Å². The van der Waals surface area contributed by atoms with Gasteiger partial charge in [-0.25, -0.2) is 15.0 Å². The van der Waals surface area contributed by atoms with Gasteiger partial charge in [-0.15, -0.1) is 0 Å². The summed E-state index contributed by atoms with van der Waals surface area (Å²) in [6.45, 7) is 4.17. The molecule has 42 heavy (non-hydrogen) atoms. The number of piperidine rings is 1. The van der Waals surface area contributed by atoms with Crippen LogP contribution in [0, 0.1) is 12.3 Å². The third-order valence-electron chi connectivity index (χ3n) is 8.29. The van der Waals surface area contributed by atoms with E-state index in [1.807, 2.05) is 43.8 Å². The fourth-order valence-corrected chi connectivity index (χ4v) is 6.76. The minimum Gasteiger partial charge on any atom is -0.337 e. The lowest BCUT2D eigenvalue weighted by Crippen LogP contribution is -2.46. The van der Waals surface area contributed by atoms with Crippen LogP contribution < -0.4 is 5.32 Å². The van der Waals surface area contributed by atoms with Gasteiger partial charge in [0.1, 0.15) is 28.8 Å². The van der Waals surface area contributed by atoms with E-state index in [2.05, 4.69) is 41.1 Å². The number of carbonyl (C=O) groups is 3. The summed E-state index contributed by atoms with van der Waals surface area (Å²) in [5.74, 6) is 0.632. The van der Waals surface area contributed by atoms with Crippen molar-refractivity contribution in [3.63, 3.8) is 0 Å². The van der Waals surface area contributed by atoms with Crippen LogP contribution in [-0.4, -0.2) is 79.6 Å². The fourth-order valence-electron chi connectivity index (χ4n) is 6.41. The monoisotopic (exact) mass is 629 g/mol. The highest BCUT2D eigenvalue weighted by molar-refractivity contribution is 9.10. The number of halogens is 1. The highest BCUT2D eigenvalue weighted by Gasteiger charge is 2.67. The lowest BCUT2D eigenvalue weighted by molar-refractivity contribution is -0.138. The Balaban J connectivity index is 1.30. The van der Waals surface area contributed by atoms with Crippen molar-refractivity contribution >= 4 is 50.2 Å². The molecular formula is C31H32BrN7O3. The van der Waals surface area contributed by atoms with Gasteiger partial charge in [-0.3, -0.25) is 14.4 Å². The largest absolute Gasteiger partial charge is 0.337 e. The molecule has 10 nitrogen and oxygen atoms in total. The van der Waals surface area contributed by atoms with E-state index in [9.17, 15) is 14.4 Å². The first-order valence-electron chi connectivity index (χ1n) is 13.9. The first-order chi connectivity index (χ1) is 20.0. The van der Waals surface area contributed by atoms with Gasteiger partial charge >= 0.3 is 0 Å². The number of fused-ring (bicyclic) bond motifs is 2. The maximum absolute atomic E-state index is 14.0. The predicted octanol–water partition coefficient (Wildman–Crippen LogP) is 4.33. The van der Waals surface area contributed by atoms with Gasteiger partial charge in [0.15, 0.2) is 5.78 Å². The van der Waals surface area contributed by atoms with Gasteiger partial charge in [0.2, 0.25) is 11.8 Å². The number of rotatable bonds is 8. The number of pyridine rings is 1. The zero-order valence-corrected chi connectivity index (χ0v) is 25.6. The number of Topliss-reactive ketones (excluding diaryl/α,β-unsaturated/α-hetero) is 1. The number of aryl methyl sites for hydroxylation is 1. The Labute approximate surface area is 252 Å². The number of anilines is 1. The van der Waals surface area contributed by atoms with E-state index in [1.165, 1.54) is 6.92 Å². The van der Waals surface area contributed by atoms with E-state index in [0.717, 1.165) is 35.0 Å². The molecule has 3 aromatic heterocycles. The maximum atomic E-state index is 14.0. The molecule has 4 aromatic rings. The van der Waals surface area contributed by atoms with Crippen molar-refractivity contribution in [1.82, 2.24) is 29.3 Å². The van der Waals surface area contributed by atoms with Crippen molar-refractivity contribution in [2.75, 3.05) is 26.0 Å². The summed E-state index contributed by atoms with van der Waals surface area (Å²) in [6, 6.07) is 10.5. The topological polar surface area (TPSA) is 113 Å². The Morgan fingerprint density at radius 3 is 2.55 bits per heavy atom. The van der Waals surface area contributed by atoms with Gasteiger partial charge in [0.05, 0.1) is 0 Å². The number of hydrogen-bond donors (Lipinski definition) is 1. The second-order valence-electron chi connectivity index (χ2n) is 11.7. The molecule has 2 aliphatic rings. The molecule has 0 radical (unpaired) electrons. The molecule has 0 bridgehead atoms. The van der Waals surface area contributed by atoms with E-state index in [4.69, 9.17) is 0 Å². The number of nitrogens with zero attached hydrogens (tertiary/aromatic N) is 6. The molecule has 0 unspecified atom stereocenters. The van der Waals surface area contributed by atoms with E-state index < -0.39 is 6.04 Å². The van der Waals surface area contributed by atoms with Crippen LogP contribution in [0.15, 0.2) is 59.6 Å². The number of benzene rings is 1. The van der Waals surface area contributed by atoms with Gasteiger partial charge in [-0.1, -0.05) is 12.1 Å². The fraction of sp³-hybridized carbons (Fsp3) is 0.355. The molecule has 1 saturated carbocycles. The quantitative estimate of drug-likeness (QED) is 0.228. The Morgan fingerprint density at radius 2 is 1.86 bits per heavy atom. The van der Waals surface area contributed by atoms with Crippen molar-refractivity contribution in [2.24, 2.45) is 5.41 Å². The predicted molar refractivity (Wildman–Crippen MR) is 163 cm³/mol. The third kappa shape index (κ3) is 5.22. The van der Waals surface area contributed by atoms with Crippen molar-refractivity contribution in [1.29, 1.82) is 0 Å². The Kier molecular flexibility index (Phi) is 7.18. The lowest BCUT2D eigenvalue weighted by Gasteiger charge is -2.27. The molecule has 2 amide bonds. The minimum absolute atomic E-state index is 0.0131. The summed E-state index contributed by atoms with van der Waals surface area (Å²) in [4.78, 5) is 57.0. The van der Waals surface area contributed by atoms with E-state index >= 15 is 0 Å². The van der Waals surface area contributed by atoms with Gasteiger partial charge in [-0.05, 0) is 86.5 Å². The number of nitrogens with one attached hydrogen (secondary N) is 1. The molecule has 1 aliphatic carbocycles. The average molecular weight is 631 g/mol. The van der Waals surface area contributed by atoms with Crippen molar-refractivity contribution in [2.45, 2.75) is 45.3 Å². The normalized spacial score (nSPS) is 21.0. The molecule has 6 rings (SSSR count). The Morgan fingerprint density at radius 1 is 1.10 bits per heavy atom. The summed E-state index contributed by atoms with van der Waals surface area (Å²) < 4.78 is 2.44. The molecule has 1 aromatic carbocycles. The summed E-state index contributed by atoms with van der Waals surface area (Å²) in [5, 5.41) is 3.67. The number of likely N-dealkylation sites (tertiary alicyclic amines) is 1. The third-order valence-corrected chi connectivity index (χ3v) is 8.73. The molecule has 0 spiro atoms. The van der Waals surface area contributed by atoms with Crippen molar-refractivity contribution in [3.8, 4) is 11.1 Å². The smallest absolute Gasteiger partial charge is 0.248 e. The van der Waals surface area contributed by atoms with Gasteiger partial charge in [-0.2, -0.15) is 0 Å². The van der Waals surface area contributed by atoms with Crippen LogP contribution >= 0.6 is 15.9 Å². The molecule has 2 fully saturated rings. The Bertz CT molecular complexity index is 1720. The van der Waals surface area contributed by atoms with Gasteiger partial charge < -0.3 is 19.7 Å². The number of carbonyl (C=O) groups excluding carboxylic acids is 3. The Hall–Kier alpha value is -3.96. The molecule has 1 saturated heterocycles. The molecule has 216 valence electrons. The maximum Gasteiger partial charge on any atom is 0.248 e. The zero-order chi connectivity index (χ0) is 29.8. The molecular weight excluding hydrogens is 598 g/mol. The number of aromatic nitrogens is 4. The van der Waals surface area contributed by atoms with Crippen LogP contribution in [0.5, 0.6) is 0 Å². The molecule has 1 aliphatic heterocycles. The highest BCUT2D eigenvalue weighted by Crippen LogP contribution is 2.60. The molecule has 1 N–H and O–H groups in total. The summed E-state index contributed by atoms with van der Waals surface area (Å²) in [5.41, 5.74) is 2.94. The standard InChI is InChI=1S/C31H32BrN7O3/c1-18(40)23-15-38(24-9-8-20(10-22(23)24)21-13-33-19(2)34-14-21)16-29(41)39-25(11-31(12-26(31)39)17-37(3)4)30(42)36-28-7-5-6-27(32)35-28/h5-10,13-15,25-26H,11-12,16-17H2,1-4H3,(H,35,36,42)/t25-,26+,31-/m0/s1. The number of ketones is 1. The molecule has 11 heteroatoms. The molecule has 3 atom stereocenters. The van der Waals surface area contributed by atoms with Crippen LogP contribution in [0.1, 0.15) is 35.9 Å². The second kappa shape index (κ2) is 10.7. The van der Waals surface area contributed by atoms with Gasteiger partial charge in [0.25, 0.3) is 0 Å². The zero-order valence-electron chi connectivity index (χ0n) is 24.0. The second-order valence-corrected chi connectivity index (χ2v) is 12.5. The number of amides is 2. The van der Waals surface area contributed by atoms with E-state index in [-0.39, 0.29) is 35.6 Å². The van der Waals surface area contributed by atoms with Crippen molar-refractivity contribution < 1.29 is 14.4 Å². The lowest BCUT2D eigenvalue weighted by atomic mass is 9.98. The van der Waals surface area contributed by atoms with Crippen LogP contribution in [0.25, 0.3) is 22.0 Å². The van der Waals surface area contributed by atoms with Crippen LogP contribution in [0.3, 0.4) is 0 Å². The first-order valence-corrected chi connectivity index (χ1v) is 14.7. The summed E-state index contributed by atoms with van der Waals surface area (Å²) >= 11 is 3.35. The highest BCUT2D eigenvalue weighted by atomic mass is 79.9. The van der Waals surface area contributed by atoms with E-state index in [0.29, 0.717) is 28.2 Å². The SMILES string of the molecule is CC(=O)c1cn(CC(=O)N2[C@H](C(=O)Nc3cccc(Br)n3)C[C@@]3(CN(C)C)C[C@@H]23)c2ccc(-c3cnc(C)nc3)cc12. The summed E-state index contributed by atoms with van der Waals surface area (Å²) in [7, 11) is 4.03. The summed E-state index contributed by atoms with van der Waals surface area (Å²) in [6.07, 6.45) is 6.72. The van der Waals surface area contributed by atoms with Crippen molar-refractivity contribution in [3.05, 3.63) is 71.0 Å². The molecule has 4 heterocycles. The average Bonchev–Trinajstić information content (AvgIpc) is 3.33. The van der Waals surface area contributed by atoms with Crippen LogP contribution in [0.4, 0.5) is 5.82 Å². The minimum atomic E-state index is -0.612. The van der Waals surface area contributed by atoms with Gasteiger partial charge in [0, 0.05) is 58.6 Å².